The molecule has 1 amide bonds. The monoisotopic (exact) mass is 405 g/mol. The van der Waals surface area contributed by atoms with E-state index in [1.54, 1.807) is 17.0 Å². The normalized spacial score (nSPS) is 17.2. The molecule has 1 aromatic heterocycles. The number of carbonyl (C=O) groups is 1. The van der Waals surface area contributed by atoms with Crippen molar-refractivity contribution in [1.29, 1.82) is 0 Å². The van der Waals surface area contributed by atoms with Crippen molar-refractivity contribution in [2.24, 2.45) is 0 Å². The average molecular weight is 406 g/mol. The minimum atomic E-state index is -0.493. The molecule has 0 unspecified atom stereocenters. The summed E-state index contributed by atoms with van der Waals surface area (Å²) in [4.78, 5) is 18.9. The maximum Gasteiger partial charge on any atom is 0.410 e. The minimum absolute atomic E-state index is 0.202. The van der Waals surface area contributed by atoms with Crippen LogP contribution in [0.4, 0.5) is 9.18 Å². The van der Waals surface area contributed by atoms with Crippen molar-refractivity contribution in [3.63, 3.8) is 0 Å². The quantitative estimate of drug-likeness (QED) is 0.679. The second-order valence-corrected chi connectivity index (χ2v) is 8.91. The standard InChI is InChI=1S/C21H25ClFN3O2/c1-21(2,3)28-20(27)25-10-8-13(9-11-25)18-19(22)26-16-6-5-15(23)12-14(16)4-7-17(26)24-18/h5-6,12-13H,4,7-11H2,1-3H3. The van der Waals surface area contributed by atoms with Crippen molar-refractivity contribution < 1.29 is 13.9 Å². The molecular formula is C21H25ClFN3O2. The predicted octanol–water partition coefficient (Wildman–Crippen LogP) is 4.88. The van der Waals surface area contributed by atoms with Gasteiger partial charge in [-0.05, 0) is 63.8 Å². The van der Waals surface area contributed by atoms with E-state index in [1.807, 2.05) is 25.3 Å². The molecule has 28 heavy (non-hydrogen) atoms. The Morgan fingerprint density at radius 1 is 1.25 bits per heavy atom. The van der Waals surface area contributed by atoms with Crippen LogP contribution < -0.4 is 0 Å². The zero-order valence-corrected chi connectivity index (χ0v) is 17.2. The zero-order chi connectivity index (χ0) is 20.1. The lowest BCUT2D eigenvalue weighted by Gasteiger charge is -2.33. The largest absolute Gasteiger partial charge is 0.444 e. The van der Waals surface area contributed by atoms with Gasteiger partial charge in [0.15, 0.2) is 0 Å². The molecule has 0 bridgehead atoms. The van der Waals surface area contributed by atoms with E-state index in [0.717, 1.165) is 48.5 Å². The Hall–Kier alpha value is -2.08. The summed E-state index contributed by atoms with van der Waals surface area (Å²) in [6, 6.07) is 4.81. The maximum atomic E-state index is 13.6. The van der Waals surface area contributed by atoms with Crippen molar-refractivity contribution in [2.75, 3.05) is 13.1 Å². The fourth-order valence-electron chi connectivity index (χ4n) is 4.02. The van der Waals surface area contributed by atoms with Gasteiger partial charge in [-0.2, -0.15) is 0 Å². The Kier molecular flexibility index (Phi) is 4.86. The number of rotatable bonds is 1. The van der Waals surface area contributed by atoms with E-state index >= 15 is 0 Å². The van der Waals surface area contributed by atoms with Crippen LogP contribution in [0.2, 0.25) is 5.15 Å². The SMILES string of the molecule is CC(C)(C)OC(=O)N1CCC(c2nc3n(c2Cl)-c2ccc(F)cc2CC3)CC1. The smallest absolute Gasteiger partial charge is 0.410 e. The van der Waals surface area contributed by atoms with E-state index in [2.05, 4.69) is 0 Å². The second kappa shape index (κ2) is 7.07. The number of aryl methyl sites for hydroxylation is 2. The summed E-state index contributed by atoms with van der Waals surface area (Å²) in [5.74, 6) is 0.898. The van der Waals surface area contributed by atoms with E-state index in [1.165, 1.54) is 6.07 Å². The van der Waals surface area contributed by atoms with Crippen LogP contribution >= 0.6 is 11.6 Å². The molecule has 1 saturated heterocycles. The molecule has 0 saturated carbocycles. The van der Waals surface area contributed by atoms with Gasteiger partial charge in [-0.3, -0.25) is 4.57 Å². The van der Waals surface area contributed by atoms with Gasteiger partial charge in [0.1, 0.15) is 22.4 Å². The molecule has 2 aliphatic heterocycles. The Labute approximate surface area is 169 Å². The number of benzene rings is 1. The zero-order valence-electron chi connectivity index (χ0n) is 16.5. The molecule has 2 aliphatic rings. The first-order valence-electron chi connectivity index (χ1n) is 9.76. The molecule has 0 atom stereocenters. The molecule has 0 N–H and O–H groups in total. The highest BCUT2D eigenvalue weighted by molar-refractivity contribution is 6.30. The highest BCUT2D eigenvalue weighted by Gasteiger charge is 2.32. The fourth-order valence-corrected chi connectivity index (χ4v) is 4.40. The van der Waals surface area contributed by atoms with Crippen LogP contribution in [-0.2, 0) is 17.6 Å². The van der Waals surface area contributed by atoms with Crippen molar-refractivity contribution in [3.8, 4) is 5.69 Å². The molecule has 150 valence electrons. The van der Waals surface area contributed by atoms with Crippen LogP contribution in [0.3, 0.4) is 0 Å². The van der Waals surface area contributed by atoms with Gasteiger partial charge in [0.05, 0.1) is 11.4 Å². The van der Waals surface area contributed by atoms with Crippen LogP contribution in [0.1, 0.15) is 56.6 Å². The molecule has 5 nitrogen and oxygen atoms in total. The first-order valence-corrected chi connectivity index (χ1v) is 10.1. The van der Waals surface area contributed by atoms with E-state index in [9.17, 15) is 9.18 Å². The molecule has 3 heterocycles. The fraction of sp³-hybridized carbons (Fsp3) is 0.524. The predicted molar refractivity (Wildman–Crippen MR) is 106 cm³/mol. The number of likely N-dealkylation sites (tertiary alicyclic amines) is 1. The molecule has 7 heteroatoms. The van der Waals surface area contributed by atoms with Crippen LogP contribution in [-0.4, -0.2) is 39.2 Å². The molecular weight excluding hydrogens is 381 g/mol. The van der Waals surface area contributed by atoms with Crippen LogP contribution in [0.5, 0.6) is 0 Å². The van der Waals surface area contributed by atoms with Gasteiger partial charge in [0.2, 0.25) is 0 Å². The van der Waals surface area contributed by atoms with E-state index < -0.39 is 5.60 Å². The number of amides is 1. The van der Waals surface area contributed by atoms with Crippen LogP contribution in [0.25, 0.3) is 5.69 Å². The lowest BCUT2D eigenvalue weighted by atomic mass is 9.94. The highest BCUT2D eigenvalue weighted by atomic mass is 35.5. The number of hydrogen-bond donors (Lipinski definition) is 0. The third kappa shape index (κ3) is 3.62. The molecule has 4 rings (SSSR count). The first-order chi connectivity index (χ1) is 13.2. The van der Waals surface area contributed by atoms with Crippen molar-refractivity contribution in [3.05, 3.63) is 46.3 Å². The van der Waals surface area contributed by atoms with Crippen molar-refractivity contribution in [1.82, 2.24) is 14.5 Å². The first kappa shape index (κ1) is 19.2. The van der Waals surface area contributed by atoms with Gasteiger partial charge in [-0.15, -0.1) is 0 Å². The number of nitrogens with zero attached hydrogens (tertiary/aromatic N) is 3. The second-order valence-electron chi connectivity index (χ2n) is 8.55. The summed E-state index contributed by atoms with van der Waals surface area (Å²) in [5, 5.41) is 0.610. The summed E-state index contributed by atoms with van der Waals surface area (Å²) in [5.41, 5.74) is 2.26. The molecule has 0 spiro atoms. The lowest BCUT2D eigenvalue weighted by Crippen LogP contribution is -2.41. The third-order valence-electron chi connectivity index (χ3n) is 5.35. The molecule has 2 aromatic rings. The van der Waals surface area contributed by atoms with Gasteiger partial charge in [0.25, 0.3) is 0 Å². The Morgan fingerprint density at radius 3 is 2.64 bits per heavy atom. The van der Waals surface area contributed by atoms with Crippen LogP contribution in [0, 0.1) is 5.82 Å². The summed E-state index contributed by atoms with van der Waals surface area (Å²) < 4.78 is 21.0. The maximum absolute atomic E-state index is 13.6. The number of imidazole rings is 1. The summed E-state index contributed by atoms with van der Waals surface area (Å²) in [7, 11) is 0. The summed E-state index contributed by atoms with van der Waals surface area (Å²) in [6.45, 7) is 6.87. The molecule has 0 aliphatic carbocycles. The van der Waals surface area contributed by atoms with Crippen molar-refractivity contribution >= 4 is 17.7 Å². The molecule has 1 aromatic carbocycles. The Morgan fingerprint density at radius 2 is 1.96 bits per heavy atom. The highest BCUT2D eigenvalue weighted by Crippen LogP contribution is 2.37. The number of piperidine rings is 1. The minimum Gasteiger partial charge on any atom is -0.444 e. The number of ether oxygens (including phenoxy) is 1. The van der Waals surface area contributed by atoms with E-state index in [-0.39, 0.29) is 17.8 Å². The van der Waals surface area contributed by atoms with Gasteiger partial charge in [-0.25, -0.2) is 14.2 Å². The molecule has 0 radical (unpaired) electrons. The summed E-state index contributed by atoms with van der Waals surface area (Å²) >= 11 is 6.73. The van der Waals surface area contributed by atoms with Gasteiger partial charge < -0.3 is 9.64 Å². The van der Waals surface area contributed by atoms with Gasteiger partial charge >= 0.3 is 6.09 Å². The summed E-state index contributed by atoms with van der Waals surface area (Å²) in [6.07, 6.45) is 2.83. The van der Waals surface area contributed by atoms with Gasteiger partial charge in [-0.1, -0.05) is 11.6 Å². The third-order valence-corrected chi connectivity index (χ3v) is 5.71. The number of aromatic nitrogens is 2. The number of carbonyl (C=O) groups excluding carboxylic acids is 1. The Balaban J connectivity index is 1.52. The Bertz CT molecular complexity index is 911. The molecule has 1 fully saturated rings. The number of hydrogen-bond acceptors (Lipinski definition) is 3. The van der Waals surface area contributed by atoms with E-state index in [4.69, 9.17) is 21.3 Å². The van der Waals surface area contributed by atoms with Crippen LogP contribution in [0.15, 0.2) is 18.2 Å². The van der Waals surface area contributed by atoms with Gasteiger partial charge in [0, 0.05) is 25.4 Å². The average Bonchev–Trinajstić information content (AvgIpc) is 2.97. The number of halogens is 2. The van der Waals surface area contributed by atoms with Crippen molar-refractivity contribution in [2.45, 2.75) is 58.0 Å². The lowest BCUT2D eigenvalue weighted by molar-refractivity contribution is 0.0204. The van der Waals surface area contributed by atoms with E-state index in [0.29, 0.717) is 18.2 Å². The topological polar surface area (TPSA) is 47.4 Å². The number of fused-ring (bicyclic) bond motifs is 3.